The van der Waals surface area contributed by atoms with Gasteiger partial charge in [0, 0.05) is 32.0 Å². The van der Waals surface area contributed by atoms with Gasteiger partial charge in [0.1, 0.15) is 6.61 Å². The zero-order valence-corrected chi connectivity index (χ0v) is 12.8. The van der Waals surface area contributed by atoms with Crippen molar-refractivity contribution >= 4 is 5.91 Å². The highest BCUT2D eigenvalue weighted by molar-refractivity contribution is 5.77. The van der Waals surface area contributed by atoms with Crippen molar-refractivity contribution in [1.29, 1.82) is 0 Å². The van der Waals surface area contributed by atoms with Gasteiger partial charge < -0.3 is 14.2 Å². The topological polar surface area (TPSA) is 68.5 Å². The normalized spacial score (nSPS) is 26.1. The lowest BCUT2D eigenvalue weighted by Gasteiger charge is -2.38. The molecule has 0 N–H and O–H groups in total. The molecule has 1 unspecified atom stereocenters. The van der Waals surface area contributed by atoms with Gasteiger partial charge in [-0.3, -0.25) is 4.79 Å². The highest BCUT2D eigenvalue weighted by atomic mass is 16.5. The van der Waals surface area contributed by atoms with Crippen molar-refractivity contribution in [3.05, 3.63) is 11.7 Å². The second kappa shape index (κ2) is 5.75. The van der Waals surface area contributed by atoms with Crippen LogP contribution in [0.5, 0.6) is 0 Å². The molecule has 1 aliphatic carbocycles. The SMILES string of the molecule is COCc1nc(C2(C)CCCN(C(=O)CC3CC3)C2)no1. The maximum absolute atomic E-state index is 12.3. The lowest BCUT2D eigenvalue weighted by molar-refractivity contribution is -0.133. The molecule has 1 saturated carbocycles. The van der Waals surface area contributed by atoms with Gasteiger partial charge in [-0.05, 0) is 31.6 Å². The van der Waals surface area contributed by atoms with Crippen LogP contribution >= 0.6 is 0 Å². The van der Waals surface area contributed by atoms with Crippen LogP contribution in [0.25, 0.3) is 0 Å². The number of nitrogens with zero attached hydrogens (tertiary/aromatic N) is 3. The molecule has 0 spiro atoms. The molecule has 1 atom stereocenters. The van der Waals surface area contributed by atoms with Crippen molar-refractivity contribution in [3.8, 4) is 0 Å². The largest absolute Gasteiger partial charge is 0.375 e. The fourth-order valence-electron chi connectivity index (χ4n) is 3.01. The molecule has 2 aliphatic rings. The van der Waals surface area contributed by atoms with Gasteiger partial charge in [-0.2, -0.15) is 4.98 Å². The number of hydrogen-bond donors (Lipinski definition) is 0. The van der Waals surface area contributed by atoms with Crippen LogP contribution in [0, 0.1) is 5.92 Å². The third kappa shape index (κ3) is 3.26. The Morgan fingerprint density at radius 3 is 3.05 bits per heavy atom. The van der Waals surface area contributed by atoms with Crippen LogP contribution in [-0.4, -0.2) is 41.1 Å². The first-order valence-corrected chi connectivity index (χ1v) is 7.70. The van der Waals surface area contributed by atoms with Crippen molar-refractivity contribution in [2.75, 3.05) is 20.2 Å². The lowest BCUT2D eigenvalue weighted by Crippen LogP contribution is -2.47. The lowest BCUT2D eigenvalue weighted by atomic mass is 9.81. The van der Waals surface area contributed by atoms with E-state index >= 15 is 0 Å². The van der Waals surface area contributed by atoms with E-state index in [2.05, 4.69) is 17.1 Å². The van der Waals surface area contributed by atoms with Crippen molar-refractivity contribution in [1.82, 2.24) is 15.0 Å². The molecule has 0 bridgehead atoms. The first-order chi connectivity index (χ1) is 10.1. The standard InChI is InChI=1S/C15H23N3O3/c1-15(14-16-12(9-20-2)21-17-14)6-3-7-18(10-15)13(19)8-11-4-5-11/h11H,3-10H2,1-2H3. The number of likely N-dealkylation sites (tertiary alicyclic amines) is 1. The number of amides is 1. The molecule has 6 heteroatoms. The summed E-state index contributed by atoms with van der Waals surface area (Å²) in [6, 6.07) is 0. The molecule has 2 heterocycles. The minimum atomic E-state index is -0.215. The van der Waals surface area contributed by atoms with Gasteiger partial charge in [-0.1, -0.05) is 12.1 Å². The van der Waals surface area contributed by atoms with Gasteiger partial charge in [-0.15, -0.1) is 0 Å². The molecular formula is C15H23N3O3. The molecule has 6 nitrogen and oxygen atoms in total. The fraction of sp³-hybridized carbons (Fsp3) is 0.800. The predicted molar refractivity (Wildman–Crippen MR) is 75.5 cm³/mol. The summed E-state index contributed by atoms with van der Waals surface area (Å²) < 4.78 is 10.2. The van der Waals surface area contributed by atoms with Gasteiger partial charge in [0.05, 0.1) is 0 Å². The Labute approximate surface area is 124 Å². The molecule has 116 valence electrons. The number of carbonyl (C=O) groups excluding carboxylic acids is 1. The summed E-state index contributed by atoms with van der Waals surface area (Å²) in [5.74, 6) is 2.10. The summed E-state index contributed by atoms with van der Waals surface area (Å²) in [6.07, 6.45) is 5.09. The second-order valence-electron chi connectivity index (χ2n) is 6.57. The number of aromatic nitrogens is 2. The van der Waals surface area contributed by atoms with Crippen molar-refractivity contribution in [2.45, 2.75) is 51.0 Å². The van der Waals surface area contributed by atoms with E-state index in [9.17, 15) is 4.79 Å². The second-order valence-corrected chi connectivity index (χ2v) is 6.57. The quantitative estimate of drug-likeness (QED) is 0.829. The van der Waals surface area contributed by atoms with Gasteiger partial charge in [0.15, 0.2) is 5.82 Å². The van der Waals surface area contributed by atoms with E-state index < -0.39 is 0 Å². The van der Waals surface area contributed by atoms with Crippen LogP contribution < -0.4 is 0 Å². The highest BCUT2D eigenvalue weighted by Gasteiger charge is 2.39. The van der Waals surface area contributed by atoms with E-state index in [-0.39, 0.29) is 11.3 Å². The molecule has 1 aromatic heterocycles. The van der Waals surface area contributed by atoms with E-state index in [4.69, 9.17) is 9.26 Å². The summed E-state index contributed by atoms with van der Waals surface area (Å²) in [7, 11) is 1.60. The van der Waals surface area contributed by atoms with E-state index in [1.807, 2.05) is 4.90 Å². The summed E-state index contributed by atoms with van der Waals surface area (Å²) in [6.45, 7) is 3.98. The van der Waals surface area contributed by atoms with Crippen molar-refractivity contribution in [3.63, 3.8) is 0 Å². The van der Waals surface area contributed by atoms with Gasteiger partial charge in [0.2, 0.25) is 5.91 Å². The zero-order chi connectivity index (χ0) is 14.9. The van der Waals surface area contributed by atoms with Gasteiger partial charge in [0.25, 0.3) is 5.89 Å². The summed E-state index contributed by atoms with van der Waals surface area (Å²) in [5, 5.41) is 4.09. The third-order valence-electron chi connectivity index (χ3n) is 4.49. The van der Waals surface area contributed by atoms with Crippen LogP contribution in [-0.2, 0) is 21.6 Å². The minimum absolute atomic E-state index is 0.215. The summed E-state index contributed by atoms with van der Waals surface area (Å²) >= 11 is 0. The first-order valence-electron chi connectivity index (χ1n) is 7.70. The average Bonchev–Trinajstić information content (AvgIpc) is 3.14. The van der Waals surface area contributed by atoms with E-state index in [1.54, 1.807) is 7.11 Å². The molecule has 3 rings (SSSR count). The Morgan fingerprint density at radius 1 is 1.52 bits per heavy atom. The average molecular weight is 293 g/mol. The van der Waals surface area contributed by atoms with Crippen LogP contribution in [0.3, 0.4) is 0 Å². The maximum atomic E-state index is 12.3. The zero-order valence-electron chi connectivity index (χ0n) is 12.8. The van der Waals surface area contributed by atoms with Gasteiger partial charge >= 0.3 is 0 Å². The number of ether oxygens (including phenoxy) is 1. The van der Waals surface area contributed by atoms with E-state index in [1.165, 1.54) is 12.8 Å². The van der Waals surface area contributed by atoms with Crippen molar-refractivity contribution < 1.29 is 14.1 Å². The highest BCUT2D eigenvalue weighted by Crippen LogP contribution is 2.36. The van der Waals surface area contributed by atoms with Crippen LogP contribution in [0.15, 0.2) is 4.52 Å². The van der Waals surface area contributed by atoms with Crippen LogP contribution in [0.4, 0.5) is 0 Å². The Hall–Kier alpha value is -1.43. The molecule has 1 amide bonds. The van der Waals surface area contributed by atoms with Crippen LogP contribution in [0.1, 0.15) is 50.7 Å². The number of methoxy groups -OCH3 is 1. The van der Waals surface area contributed by atoms with E-state index in [0.29, 0.717) is 37.2 Å². The van der Waals surface area contributed by atoms with Crippen molar-refractivity contribution in [2.24, 2.45) is 5.92 Å². The first kappa shape index (κ1) is 14.5. The Morgan fingerprint density at radius 2 is 2.33 bits per heavy atom. The number of piperidine rings is 1. The molecule has 1 aliphatic heterocycles. The molecular weight excluding hydrogens is 270 g/mol. The smallest absolute Gasteiger partial charge is 0.252 e. The predicted octanol–water partition coefficient (Wildman–Crippen LogP) is 1.90. The fourth-order valence-corrected chi connectivity index (χ4v) is 3.01. The van der Waals surface area contributed by atoms with Crippen LogP contribution in [0.2, 0.25) is 0 Å². The molecule has 1 saturated heterocycles. The Kier molecular flexibility index (Phi) is 3.97. The Balaban J connectivity index is 1.68. The molecule has 21 heavy (non-hydrogen) atoms. The molecule has 1 aromatic rings. The number of rotatable bonds is 5. The van der Waals surface area contributed by atoms with E-state index in [0.717, 1.165) is 19.4 Å². The third-order valence-corrected chi connectivity index (χ3v) is 4.49. The molecule has 0 aromatic carbocycles. The number of hydrogen-bond acceptors (Lipinski definition) is 5. The monoisotopic (exact) mass is 293 g/mol. The maximum Gasteiger partial charge on any atom is 0.252 e. The molecule has 2 fully saturated rings. The van der Waals surface area contributed by atoms with Gasteiger partial charge in [-0.25, -0.2) is 0 Å². The Bertz CT molecular complexity index is 512. The minimum Gasteiger partial charge on any atom is -0.375 e. The number of carbonyl (C=O) groups is 1. The summed E-state index contributed by atoms with van der Waals surface area (Å²) in [5.41, 5.74) is -0.215. The summed E-state index contributed by atoms with van der Waals surface area (Å²) in [4.78, 5) is 18.7. The molecule has 0 radical (unpaired) electrons.